The molecule has 1 unspecified atom stereocenters. The number of aromatic nitrogens is 2. The first kappa shape index (κ1) is 14.8. The number of hydrogen-bond acceptors (Lipinski definition) is 4. The molecule has 2 rings (SSSR count). The summed E-state index contributed by atoms with van der Waals surface area (Å²) in [4.78, 5) is 13.9. The fourth-order valence-electron chi connectivity index (χ4n) is 2.38. The smallest absolute Gasteiger partial charge is 0.410 e. The maximum absolute atomic E-state index is 12.2. The topological polar surface area (TPSA) is 73.4 Å². The van der Waals surface area contributed by atoms with Crippen LogP contribution in [0.2, 0.25) is 0 Å². The van der Waals surface area contributed by atoms with Gasteiger partial charge in [0, 0.05) is 37.3 Å². The standard InChI is InChI=1S/C14H24N4O2/c1-5-18-9-11-8-17(13(19)20-14(2,3)4)7-10(6-15)12(11)16-18/h9-10H,5-8,15H2,1-4H3. The predicted octanol–water partition coefficient (Wildman–Crippen LogP) is 1.70. The lowest BCUT2D eigenvalue weighted by Gasteiger charge is -2.33. The first-order valence-electron chi connectivity index (χ1n) is 7.08. The molecule has 6 nitrogen and oxygen atoms in total. The Morgan fingerprint density at radius 2 is 2.25 bits per heavy atom. The Morgan fingerprint density at radius 3 is 2.80 bits per heavy atom. The average molecular weight is 280 g/mol. The van der Waals surface area contributed by atoms with Crippen LogP contribution < -0.4 is 5.73 Å². The number of aryl methyl sites for hydroxylation is 1. The number of ether oxygens (including phenoxy) is 1. The molecular weight excluding hydrogens is 256 g/mol. The van der Waals surface area contributed by atoms with Crippen LogP contribution in [-0.2, 0) is 17.8 Å². The molecule has 0 saturated carbocycles. The van der Waals surface area contributed by atoms with Gasteiger partial charge in [0.2, 0.25) is 0 Å². The van der Waals surface area contributed by atoms with Crippen LogP contribution in [-0.4, -0.2) is 39.5 Å². The van der Waals surface area contributed by atoms with E-state index in [9.17, 15) is 4.79 Å². The van der Waals surface area contributed by atoms with Gasteiger partial charge in [-0.3, -0.25) is 4.68 Å². The van der Waals surface area contributed by atoms with Crippen LogP contribution in [0.5, 0.6) is 0 Å². The second kappa shape index (κ2) is 5.44. The van der Waals surface area contributed by atoms with E-state index in [1.807, 2.05) is 38.6 Å². The molecule has 0 radical (unpaired) electrons. The van der Waals surface area contributed by atoms with Crippen molar-refractivity contribution in [3.63, 3.8) is 0 Å². The molecule has 1 aliphatic rings. The number of carbonyl (C=O) groups excluding carboxylic acids is 1. The van der Waals surface area contributed by atoms with Crippen LogP contribution in [0.15, 0.2) is 6.20 Å². The third-order valence-corrected chi connectivity index (χ3v) is 3.32. The number of fused-ring (bicyclic) bond motifs is 1. The first-order valence-corrected chi connectivity index (χ1v) is 7.08. The highest BCUT2D eigenvalue weighted by Gasteiger charge is 2.32. The second-order valence-electron chi connectivity index (χ2n) is 6.19. The van der Waals surface area contributed by atoms with Crippen LogP contribution in [0.3, 0.4) is 0 Å². The van der Waals surface area contributed by atoms with E-state index in [0.29, 0.717) is 19.6 Å². The van der Waals surface area contributed by atoms with Crippen molar-refractivity contribution in [1.29, 1.82) is 0 Å². The molecule has 1 aliphatic heterocycles. The van der Waals surface area contributed by atoms with Crippen LogP contribution in [0.1, 0.15) is 44.9 Å². The first-order chi connectivity index (χ1) is 9.34. The van der Waals surface area contributed by atoms with Gasteiger partial charge in [-0.1, -0.05) is 0 Å². The van der Waals surface area contributed by atoms with Crippen LogP contribution in [0.4, 0.5) is 4.79 Å². The summed E-state index contributed by atoms with van der Waals surface area (Å²) in [5.74, 6) is 0.0825. The molecule has 1 amide bonds. The van der Waals surface area contributed by atoms with E-state index in [4.69, 9.17) is 10.5 Å². The summed E-state index contributed by atoms with van der Waals surface area (Å²) in [6.07, 6.45) is 1.71. The molecule has 1 aromatic heterocycles. The normalized spacial score (nSPS) is 18.9. The molecule has 112 valence electrons. The number of rotatable bonds is 2. The monoisotopic (exact) mass is 280 g/mol. The summed E-state index contributed by atoms with van der Waals surface area (Å²) in [6.45, 7) is 10.1. The molecule has 1 aromatic rings. The van der Waals surface area contributed by atoms with E-state index < -0.39 is 5.60 Å². The Balaban J connectivity index is 2.18. The van der Waals surface area contributed by atoms with Crippen molar-refractivity contribution >= 4 is 6.09 Å². The molecule has 0 spiro atoms. The van der Waals surface area contributed by atoms with Crippen LogP contribution in [0, 0.1) is 0 Å². The SMILES string of the molecule is CCn1cc2c(n1)C(CN)CN(C(=O)OC(C)(C)C)C2. The molecule has 20 heavy (non-hydrogen) atoms. The van der Waals surface area contributed by atoms with Gasteiger partial charge in [0.05, 0.1) is 12.2 Å². The Morgan fingerprint density at radius 1 is 1.55 bits per heavy atom. The summed E-state index contributed by atoms with van der Waals surface area (Å²) in [6, 6.07) is 0. The Bertz CT molecular complexity index is 490. The number of hydrogen-bond donors (Lipinski definition) is 1. The van der Waals surface area contributed by atoms with Gasteiger partial charge in [0.1, 0.15) is 5.60 Å². The van der Waals surface area contributed by atoms with Crippen molar-refractivity contribution in [3.8, 4) is 0 Å². The Hall–Kier alpha value is -1.56. The van der Waals surface area contributed by atoms with Gasteiger partial charge < -0.3 is 15.4 Å². The Kier molecular flexibility index (Phi) is 4.04. The maximum Gasteiger partial charge on any atom is 0.410 e. The third kappa shape index (κ3) is 3.12. The lowest BCUT2D eigenvalue weighted by molar-refractivity contribution is 0.0206. The quantitative estimate of drug-likeness (QED) is 0.894. The van der Waals surface area contributed by atoms with E-state index in [2.05, 4.69) is 5.10 Å². The highest BCUT2D eigenvalue weighted by Crippen LogP contribution is 2.27. The summed E-state index contributed by atoms with van der Waals surface area (Å²) in [7, 11) is 0. The lowest BCUT2D eigenvalue weighted by atomic mass is 9.97. The highest BCUT2D eigenvalue weighted by atomic mass is 16.6. The number of amides is 1. The summed E-state index contributed by atoms with van der Waals surface area (Å²) >= 11 is 0. The molecule has 2 heterocycles. The van der Waals surface area contributed by atoms with Gasteiger partial charge in [-0.2, -0.15) is 5.10 Å². The number of nitrogens with two attached hydrogens (primary N) is 1. The van der Waals surface area contributed by atoms with Gasteiger partial charge in [-0.15, -0.1) is 0 Å². The number of carbonyl (C=O) groups is 1. The average Bonchev–Trinajstić information content (AvgIpc) is 2.78. The zero-order chi connectivity index (χ0) is 14.9. The Labute approximate surface area is 119 Å². The second-order valence-corrected chi connectivity index (χ2v) is 6.19. The highest BCUT2D eigenvalue weighted by molar-refractivity contribution is 5.68. The summed E-state index contributed by atoms with van der Waals surface area (Å²) in [5.41, 5.74) is 7.44. The molecule has 0 aromatic carbocycles. The molecule has 0 aliphatic carbocycles. The molecule has 1 atom stereocenters. The van der Waals surface area contributed by atoms with Crippen molar-refractivity contribution in [2.75, 3.05) is 13.1 Å². The van der Waals surface area contributed by atoms with Gasteiger partial charge in [0.25, 0.3) is 0 Å². The van der Waals surface area contributed by atoms with E-state index in [1.54, 1.807) is 4.90 Å². The largest absolute Gasteiger partial charge is 0.444 e. The molecular formula is C14H24N4O2. The van der Waals surface area contributed by atoms with Crippen molar-refractivity contribution < 1.29 is 9.53 Å². The minimum absolute atomic E-state index is 0.0825. The van der Waals surface area contributed by atoms with Crippen LogP contribution >= 0.6 is 0 Å². The molecule has 0 saturated heterocycles. The minimum atomic E-state index is -0.483. The van der Waals surface area contributed by atoms with E-state index in [0.717, 1.165) is 17.8 Å². The molecule has 0 bridgehead atoms. The van der Waals surface area contributed by atoms with Crippen molar-refractivity contribution in [1.82, 2.24) is 14.7 Å². The molecule has 6 heteroatoms. The fraction of sp³-hybridized carbons (Fsp3) is 0.714. The van der Waals surface area contributed by atoms with Crippen LogP contribution in [0.25, 0.3) is 0 Å². The van der Waals surface area contributed by atoms with Crippen molar-refractivity contribution in [2.24, 2.45) is 5.73 Å². The van der Waals surface area contributed by atoms with E-state index in [-0.39, 0.29) is 12.0 Å². The zero-order valence-electron chi connectivity index (χ0n) is 12.7. The molecule has 0 fully saturated rings. The number of nitrogens with zero attached hydrogens (tertiary/aromatic N) is 3. The minimum Gasteiger partial charge on any atom is -0.444 e. The lowest BCUT2D eigenvalue weighted by Crippen LogP contribution is -2.42. The summed E-state index contributed by atoms with van der Waals surface area (Å²) < 4.78 is 7.33. The van der Waals surface area contributed by atoms with Crippen molar-refractivity contribution in [2.45, 2.75) is 52.3 Å². The van der Waals surface area contributed by atoms with Crippen molar-refractivity contribution in [3.05, 3.63) is 17.5 Å². The van der Waals surface area contributed by atoms with E-state index in [1.165, 1.54) is 0 Å². The van der Waals surface area contributed by atoms with Gasteiger partial charge in [-0.05, 0) is 27.7 Å². The van der Waals surface area contributed by atoms with E-state index >= 15 is 0 Å². The fourth-order valence-corrected chi connectivity index (χ4v) is 2.38. The van der Waals surface area contributed by atoms with Gasteiger partial charge >= 0.3 is 6.09 Å². The predicted molar refractivity (Wildman–Crippen MR) is 76.3 cm³/mol. The molecule has 2 N–H and O–H groups in total. The third-order valence-electron chi connectivity index (χ3n) is 3.32. The van der Waals surface area contributed by atoms with Gasteiger partial charge in [-0.25, -0.2) is 4.79 Å². The van der Waals surface area contributed by atoms with Gasteiger partial charge in [0.15, 0.2) is 0 Å². The maximum atomic E-state index is 12.2. The summed E-state index contributed by atoms with van der Waals surface area (Å²) in [5, 5.41) is 4.55. The zero-order valence-corrected chi connectivity index (χ0v) is 12.7.